The minimum atomic E-state index is -0.134. The maximum atomic E-state index is 10.2. The van der Waals surface area contributed by atoms with Gasteiger partial charge in [-0.05, 0) is 12.1 Å². The fraction of sp³-hybridized carbons (Fsp3) is 0. The zero-order chi connectivity index (χ0) is 10.6. The lowest BCUT2D eigenvalue weighted by Gasteiger charge is -1.98. The molecule has 0 aromatic heterocycles. The minimum Gasteiger partial charge on any atom is -0.381 e. The lowest BCUT2D eigenvalue weighted by Crippen LogP contribution is -2.14. The molecule has 0 unspecified atom stereocenters. The number of nitrogens with two attached hydrogens (primary N) is 1. The van der Waals surface area contributed by atoms with Crippen LogP contribution in [-0.2, 0) is 4.79 Å². The summed E-state index contributed by atoms with van der Waals surface area (Å²) in [6, 6.07) is 6.81. The van der Waals surface area contributed by atoms with Gasteiger partial charge in [-0.1, -0.05) is 36.0 Å². The topological polar surface area (TPSA) is 55.5 Å². The molecule has 0 saturated carbocycles. The molecule has 5 heteroatoms. The van der Waals surface area contributed by atoms with Crippen LogP contribution in [0, 0.1) is 0 Å². The van der Waals surface area contributed by atoms with Gasteiger partial charge in [0.2, 0.25) is 0 Å². The van der Waals surface area contributed by atoms with E-state index in [1.807, 2.05) is 0 Å². The van der Waals surface area contributed by atoms with Crippen molar-refractivity contribution in [2.45, 2.75) is 0 Å². The fourth-order valence-corrected chi connectivity index (χ4v) is 1.17. The van der Waals surface area contributed by atoms with Crippen molar-refractivity contribution >= 4 is 40.9 Å². The smallest absolute Gasteiger partial charge is 0.184 e. The number of thiocarbonyl (C=S) groups is 1. The van der Waals surface area contributed by atoms with Gasteiger partial charge in [-0.3, -0.25) is 4.79 Å². The Morgan fingerprint density at radius 3 is 2.50 bits per heavy atom. The number of hydrogen-bond acceptors (Lipinski definition) is 2. The molecule has 14 heavy (non-hydrogen) atoms. The molecule has 3 nitrogen and oxygen atoms in total. The average Bonchev–Trinajstić information content (AvgIpc) is 2.18. The highest BCUT2D eigenvalue weighted by atomic mass is 35.5. The largest absolute Gasteiger partial charge is 0.381 e. The quantitative estimate of drug-likeness (QED) is 0.361. The first-order chi connectivity index (χ1) is 6.63. The molecule has 0 amide bonds. The minimum absolute atomic E-state index is 0.134. The number of hydrogen-bond donors (Lipinski definition) is 1. The average molecular weight is 227 g/mol. The Hall–Kier alpha value is -1.26. The molecule has 0 aliphatic carbocycles. The molecule has 1 aromatic carbocycles. The number of nitrogens with zero attached hydrogens (tertiary/aromatic N) is 1. The van der Waals surface area contributed by atoms with Gasteiger partial charge in [0.1, 0.15) is 4.99 Å². The van der Waals surface area contributed by atoms with Crippen LogP contribution in [0.25, 0.3) is 0 Å². The second-order valence-corrected chi connectivity index (χ2v) is 3.29. The third kappa shape index (κ3) is 2.90. The summed E-state index contributed by atoms with van der Waals surface area (Å²) in [5.41, 5.74) is 5.91. The van der Waals surface area contributed by atoms with E-state index in [-0.39, 0.29) is 10.8 Å². The summed E-state index contributed by atoms with van der Waals surface area (Å²) in [6.07, 6.45) is 0.447. The van der Waals surface area contributed by atoms with Crippen molar-refractivity contribution in [1.82, 2.24) is 0 Å². The van der Waals surface area contributed by atoms with Crippen LogP contribution in [0.1, 0.15) is 5.56 Å². The summed E-state index contributed by atoms with van der Waals surface area (Å²) in [4.78, 5) is 14.2. The molecule has 0 heterocycles. The van der Waals surface area contributed by atoms with Crippen molar-refractivity contribution in [3.05, 3.63) is 34.9 Å². The maximum absolute atomic E-state index is 10.2. The Morgan fingerprint density at radius 2 is 2.00 bits per heavy atom. The van der Waals surface area contributed by atoms with Crippen molar-refractivity contribution in [2.24, 2.45) is 10.7 Å². The number of benzene rings is 1. The van der Waals surface area contributed by atoms with Crippen molar-refractivity contribution in [2.75, 3.05) is 0 Å². The van der Waals surface area contributed by atoms with Crippen molar-refractivity contribution in [1.29, 1.82) is 0 Å². The van der Waals surface area contributed by atoms with Crippen LogP contribution in [-0.4, -0.2) is 17.1 Å². The zero-order valence-electron chi connectivity index (χ0n) is 7.11. The van der Waals surface area contributed by atoms with Crippen LogP contribution >= 0.6 is 23.8 Å². The molecule has 1 rings (SSSR count). The number of halogens is 1. The highest BCUT2D eigenvalue weighted by molar-refractivity contribution is 7.80. The summed E-state index contributed by atoms with van der Waals surface area (Å²) in [7, 11) is 0. The molecule has 0 aliphatic rings. The van der Waals surface area contributed by atoms with E-state index in [1.165, 1.54) is 0 Å². The molecule has 0 radical (unpaired) electrons. The number of amidine groups is 1. The van der Waals surface area contributed by atoms with Gasteiger partial charge in [0, 0.05) is 10.6 Å². The predicted octanol–water partition coefficient (Wildman–Crippen LogP) is 1.57. The van der Waals surface area contributed by atoms with Crippen LogP contribution in [0.4, 0.5) is 0 Å². The summed E-state index contributed by atoms with van der Waals surface area (Å²) in [6.45, 7) is 0. The fourth-order valence-electron chi connectivity index (χ4n) is 0.801. The summed E-state index contributed by atoms with van der Waals surface area (Å²) < 4.78 is 0. The van der Waals surface area contributed by atoms with Gasteiger partial charge >= 0.3 is 0 Å². The zero-order valence-corrected chi connectivity index (χ0v) is 8.68. The molecule has 0 atom stereocenters. The molecule has 0 aliphatic heterocycles. The van der Waals surface area contributed by atoms with Crippen LogP contribution in [0.5, 0.6) is 0 Å². The Morgan fingerprint density at radius 1 is 1.43 bits per heavy atom. The molecule has 72 valence electrons. The van der Waals surface area contributed by atoms with Crippen LogP contribution < -0.4 is 5.73 Å². The van der Waals surface area contributed by atoms with Crippen LogP contribution in [0.2, 0.25) is 5.02 Å². The summed E-state index contributed by atoms with van der Waals surface area (Å²) in [5, 5.41) is 0.615. The van der Waals surface area contributed by atoms with Gasteiger partial charge in [-0.2, -0.15) is 0 Å². The Kier molecular flexibility index (Phi) is 3.73. The number of aliphatic imine (C=N–C) groups is 1. The van der Waals surface area contributed by atoms with E-state index < -0.39 is 0 Å². The van der Waals surface area contributed by atoms with E-state index >= 15 is 0 Å². The molecule has 0 fully saturated rings. The maximum Gasteiger partial charge on any atom is 0.184 e. The monoisotopic (exact) mass is 226 g/mol. The number of rotatable bonds is 2. The molecule has 0 bridgehead atoms. The van der Waals surface area contributed by atoms with Crippen LogP contribution in [0.3, 0.4) is 0 Å². The number of carbonyl (C=O) groups excluding carboxylic acids is 1. The summed E-state index contributed by atoms with van der Waals surface area (Å²) in [5.74, 6) is -0.134. The molecular formula is C9H7ClN2OS. The normalized spacial score (nSPS) is 11.1. The highest BCUT2D eigenvalue weighted by Crippen LogP contribution is 2.10. The first-order valence-corrected chi connectivity index (χ1v) is 4.51. The van der Waals surface area contributed by atoms with E-state index in [0.29, 0.717) is 16.9 Å². The highest BCUT2D eigenvalue weighted by Gasteiger charge is 1.99. The van der Waals surface area contributed by atoms with Gasteiger partial charge in [-0.15, -0.1) is 0 Å². The van der Waals surface area contributed by atoms with Gasteiger partial charge in [0.25, 0.3) is 0 Å². The van der Waals surface area contributed by atoms with E-state index in [4.69, 9.17) is 29.6 Å². The van der Waals surface area contributed by atoms with Crippen LogP contribution in [0.15, 0.2) is 29.3 Å². The third-order valence-corrected chi connectivity index (χ3v) is 2.02. The van der Waals surface area contributed by atoms with Gasteiger partial charge in [0.15, 0.2) is 12.1 Å². The predicted molar refractivity (Wildman–Crippen MR) is 60.8 cm³/mol. The first kappa shape index (κ1) is 10.8. The Labute approximate surface area is 91.6 Å². The second kappa shape index (κ2) is 4.83. The Bertz CT molecular complexity index is 386. The van der Waals surface area contributed by atoms with Crippen molar-refractivity contribution in [3.8, 4) is 0 Å². The summed E-state index contributed by atoms with van der Waals surface area (Å²) >= 11 is 10.6. The standard InChI is InChI=1S/C9H7ClN2OS/c10-7-3-1-6(2-4-7)9(14)12-8(11)5-13/h1-5H,(H2,11,12,14). The van der Waals surface area contributed by atoms with Crippen molar-refractivity contribution < 1.29 is 4.79 Å². The molecule has 0 saturated heterocycles. The molecule has 0 spiro atoms. The first-order valence-electron chi connectivity index (χ1n) is 3.72. The number of aldehydes is 1. The van der Waals surface area contributed by atoms with E-state index in [0.717, 1.165) is 0 Å². The Balaban J connectivity index is 2.90. The van der Waals surface area contributed by atoms with E-state index in [2.05, 4.69) is 4.99 Å². The number of carbonyl (C=O) groups is 1. The lowest BCUT2D eigenvalue weighted by atomic mass is 10.2. The SMILES string of the molecule is NC(C=O)=NC(=S)c1ccc(Cl)cc1. The van der Waals surface area contributed by atoms with Gasteiger partial charge in [-0.25, -0.2) is 4.99 Å². The van der Waals surface area contributed by atoms with Gasteiger partial charge < -0.3 is 5.73 Å². The second-order valence-electron chi connectivity index (χ2n) is 2.47. The van der Waals surface area contributed by atoms with Crippen molar-refractivity contribution in [3.63, 3.8) is 0 Å². The van der Waals surface area contributed by atoms with E-state index in [9.17, 15) is 4.79 Å². The third-order valence-electron chi connectivity index (χ3n) is 1.44. The van der Waals surface area contributed by atoms with E-state index in [1.54, 1.807) is 24.3 Å². The van der Waals surface area contributed by atoms with Gasteiger partial charge in [0.05, 0.1) is 0 Å². The molecular weight excluding hydrogens is 220 g/mol. The lowest BCUT2D eigenvalue weighted by molar-refractivity contribution is -0.102. The molecule has 2 N–H and O–H groups in total. The molecule has 1 aromatic rings.